The summed E-state index contributed by atoms with van der Waals surface area (Å²) in [6.07, 6.45) is 0. The Hall–Kier alpha value is -2.34. The Morgan fingerprint density at radius 2 is 1.71 bits per heavy atom. The van der Waals surface area contributed by atoms with Crippen molar-refractivity contribution in [1.82, 2.24) is 0 Å². The van der Waals surface area contributed by atoms with Gasteiger partial charge in [0, 0.05) is 0 Å². The predicted molar refractivity (Wildman–Crippen MR) is 93.7 cm³/mol. The van der Waals surface area contributed by atoms with E-state index in [-0.39, 0.29) is 17.4 Å². The summed E-state index contributed by atoms with van der Waals surface area (Å²) in [5, 5.41) is 0. The van der Waals surface area contributed by atoms with Crippen molar-refractivity contribution in [2.75, 3.05) is 11.3 Å². The van der Waals surface area contributed by atoms with Gasteiger partial charge in [0.2, 0.25) is 0 Å². The minimum absolute atomic E-state index is 0.0918. The number of carbonyl (C=O) groups excluding carboxylic acids is 1. The molecule has 5 nitrogen and oxygen atoms in total. The van der Waals surface area contributed by atoms with Gasteiger partial charge in [-0.05, 0) is 48.7 Å². The van der Waals surface area contributed by atoms with Crippen LogP contribution < -0.4 is 4.72 Å². The molecule has 128 valence electrons. The molecular weight excluding hydrogens is 326 g/mol. The zero-order valence-corrected chi connectivity index (χ0v) is 14.8. The molecule has 0 aromatic heterocycles. The number of sulfonamides is 1. The first-order chi connectivity index (χ1) is 11.3. The number of anilines is 1. The molecule has 0 fully saturated rings. The van der Waals surface area contributed by atoms with Crippen LogP contribution in [0.25, 0.3) is 0 Å². The molecule has 0 aliphatic rings. The van der Waals surface area contributed by atoms with E-state index < -0.39 is 16.0 Å². The molecule has 2 aromatic carbocycles. The van der Waals surface area contributed by atoms with Crippen LogP contribution in [0.1, 0.15) is 42.6 Å². The molecule has 0 heterocycles. The zero-order chi connectivity index (χ0) is 17.7. The highest BCUT2D eigenvalue weighted by Gasteiger charge is 2.17. The molecule has 0 bridgehead atoms. The van der Waals surface area contributed by atoms with Crippen LogP contribution in [0, 0.1) is 0 Å². The van der Waals surface area contributed by atoms with Gasteiger partial charge >= 0.3 is 5.97 Å². The van der Waals surface area contributed by atoms with Crippen LogP contribution in [0.3, 0.4) is 0 Å². The Morgan fingerprint density at radius 1 is 1.08 bits per heavy atom. The fraction of sp³-hybridized carbons (Fsp3) is 0.278. The van der Waals surface area contributed by atoms with E-state index in [0.717, 1.165) is 5.56 Å². The first-order valence-corrected chi connectivity index (χ1v) is 9.22. The van der Waals surface area contributed by atoms with E-state index in [0.29, 0.717) is 11.3 Å². The lowest BCUT2D eigenvalue weighted by Gasteiger charge is -2.15. The van der Waals surface area contributed by atoms with Crippen LogP contribution in [0.5, 0.6) is 0 Å². The lowest BCUT2D eigenvalue weighted by Crippen LogP contribution is -2.15. The summed E-state index contributed by atoms with van der Waals surface area (Å²) in [5.41, 5.74) is 1.80. The van der Waals surface area contributed by atoms with E-state index >= 15 is 0 Å². The van der Waals surface area contributed by atoms with Crippen LogP contribution >= 0.6 is 0 Å². The summed E-state index contributed by atoms with van der Waals surface area (Å²) >= 11 is 0. The molecule has 0 spiro atoms. The lowest BCUT2D eigenvalue weighted by molar-refractivity contribution is 0.0526. The summed E-state index contributed by atoms with van der Waals surface area (Å²) < 4.78 is 32.6. The number of rotatable bonds is 6. The fourth-order valence-electron chi connectivity index (χ4n) is 2.28. The highest BCUT2D eigenvalue weighted by atomic mass is 32.2. The van der Waals surface area contributed by atoms with Crippen molar-refractivity contribution in [3.05, 3.63) is 59.7 Å². The zero-order valence-electron chi connectivity index (χ0n) is 13.9. The molecule has 0 aliphatic heterocycles. The average molecular weight is 347 g/mol. The second-order valence-electron chi connectivity index (χ2n) is 5.59. The van der Waals surface area contributed by atoms with Gasteiger partial charge in [0.1, 0.15) is 0 Å². The van der Waals surface area contributed by atoms with Crippen molar-refractivity contribution < 1.29 is 17.9 Å². The normalized spacial score (nSPS) is 11.3. The van der Waals surface area contributed by atoms with E-state index in [4.69, 9.17) is 4.74 Å². The summed E-state index contributed by atoms with van der Waals surface area (Å²) in [6.45, 7) is 5.99. The Bertz CT molecular complexity index is 811. The van der Waals surface area contributed by atoms with Gasteiger partial charge in [-0.2, -0.15) is 0 Å². The maximum Gasteiger partial charge on any atom is 0.338 e. The minimum Gasteiger partial charge on any atom is -0.462 e. The third-order valence-electron chi connectivity index (χ3n) is 3.50. The van der Waals surface area contributed by atoms with E-state index in [1.807, 2.05) is 26.0 Å². The number of para-hydroxylation sites is 1. The number of nitrogens with one attached hydrogen (secondary N) is 1. The maximum absolute atomic E-state index is 12.6. The molecule has 0 aliphatic carbocycles. The first kappa shape index (κ1) is 18.0. The molecule has 0 atom stereocenters. The number of esters is 1. The van der Waals surface area contributed by atoms with Crippen LogP contribution in [0.4, 0.5) is 5.69 Å². The van der Waals surface area contributed by atoms with Gasteiger partial charge in [-0.1, -0.05) is 32.0 Å². The third kappa shape index (κ3) is 4.14. The van der Waals surface area contributed by atoms with Gasteiger partial charge in [-0.15, -0.1) is 0 Å². The van der Waals surface area contributed by atoms with Crippen LogP contribution in [0.15, 0.2) is 53.4 Å². The van der Waals surface area contributed by atoms with Gasteiger partial charge in [-0.25, -0.2) is 13.2 Å². The number of benzene rings is 2. The molecule has 0 saturated heterocycles. The van der Waals surface area contributed by atoms with Gasteiger partial charge in [0.15, 0.2) is 0 Å². The highest BCUT2D eigenvalue weighted by molar-refractivity contribution is 7.92. The maximum atomic E-state index is 12.6. The van der Waals surface area contributed by atoms with Gasteiger partial charge < -0.3 is 4.74 Å². The SMILES string of the molecule is CCOC(=O)c1ccc(S(=O)(=O)Nc2ccccc2C(C)C)cc1. The van der Waals surface area contributed by atoms with Crippen molar-refractivity contribution in [2.24, 2.45) is 0 Å². The molecule has 0 amide bonds. The molecule has 2 aromatic rings. The molecule has 2 rings (SSSR count). The lowest BCUT2D eigenvalue weighted by atomic mass is 10.0. The molecule has 1 N–H and O–H groups in total. The smallest absolute Gasteiger partial charge is 0.338 e. The number of ether oxygens (including phenoxy) is 1. The molecular formula is C18H21NO4S. The van der Waals surface area contributed by atoms with E-state index in [9.17, 15) is 13.2 Å². The number of hydrogen-bond acceptors (Lipinski definition) is 4. The Labute approximate surface area is 142 Å². The summed E-state index contributed by atoms with van der Waals surface area (Å²) in [5.74, 6) is -0.283. The molecule has 0 saturated carbocycles. The Kier molecular flexibility index (Phi) is 5.62. The molecule has 6 heteroatoms. The Morgan fingerprint density at radius 3 is 2.29 bits per heavy atom. The van der Waals surface area contributed by atoms with Crippen LogP contribution in [-0.2, 0) is 14.8 Å². The minimum atomic E-state index is -3.73. The van der Waals surface area contributed by atoms with Crippen molar-refractivity contribution in [2.45, 2.75) is 31.6 Å². The van der Waals surface area contributed by atoms with Crippen molar-refractivity contribution in [3.63, 3.8) is 0 Å². The second-order valence-corrected chi connectivity index (χ2v) is 7.27. The largest absolute Gasteiger partial charge is 0.462 e. The van der Waals surface area contributed by atoms with Crippen molar-refractivity contribution >= 4 is 21.7 Å². The van der Waals surface area contributed by atoms with E-state index in [1.165, 1.54) is 24.3 Å². The number of carbonyl (C=O) groups is 1. The third-order valence-corrected chi connectivity index (χ3v) is 4.88. The van der Waals surface area contributed by atoms with Gasteiger partial charge in [-0.3, -0.25) is 4.72 Å². The second kappa shape index (κ2) is 7.49. The monoisotopic (exact) mass is 347 g/mol. The fourth-order valence-corrected chi connectivity index (χ4v) is 3.37. The van der Waals surface area contributed by atoms with Gasteiger partial charge in [0.25, 0.3) is 10.0 Å². The predicted octanol–water partition coefficient (Wildman–Crippen LogP) is 3.79. The highest BCUT2D eigenvalue weighted by Crippen LogP contribution is 2.26. The summed E-state index contributed by atoms with van der Waals surface area (Å²) in [4.78, 5) is 11.7. The average Bonchev–Trinajstić information content (AvgIpc) is 2.55. The van der Waals surface area contributed by atoms with Gasteiger partial charge in [0.05, 0.1) is 22.8 Å². The van der Waals surface area contributed by atoms with E-state index in [2.05, 4.69) is 4.72 Å². The van der Waals surface area contributed by atoms with Crippen LogP contribution in [-0.4, -0.2) is 21.0 Å². The summed E-state index contributed by atoms with van der Waals surface area (Å²) in [6, 6.07) is 13.0. The quantitative estimate of drug-likeness (QED) is 0.807. The topological polar surface area (TPSA) is 72.5 Å². The van der Waals surface area contributed by atoms with E-state index in [1.54, 1.807) is 19.1 Å². The van der Waals surface area contributed by atoms with Crippen LogP contribution in [0.2, 0.25) is 0 Å². The first-order valence-electron chi connectivity index (χ1n) is 7.74. The Balaban J connectivity index is 2.27. The molecule has 24 heavy (non-hydrogen) atoms. The summed E-state index contributed by atoms with van der Waals surface area (Å²) in [7, 11) is -3.73. The van der Waals surface area contributed by atoms with Crippen molar-refractivity contribution in [1.29, 1.82) is 0 Å². The number of hydrogen-bond donors (Lipinski definition) is 1. The van der Waals surface area contributed by atoms with Crippen molar-refractivity contribution in [3.8, 4) is 0 Å². The standard InChI is InChI=1S/C18H21NO4S/c1-4-23-18(20)14-9-11-15(12-10-14)24(21,22)19-17-8-6-5-7-16(17)13(2)3/h5-13,19H,4H2,1-3H3. The molecule has 0 unspecified atom stereocenters. The molecule has 0 radical (unpaired) electrons.